The molecular weight excluding hydrogens is 252 g/mol. The third-order valence-corrected chi connectivity index (χ3v) is 4.04. The summed E-state index contributed by atoms with van der Waals surface area (Å²) in [6.07, 6.45) is 0. The monoisotopic (exact) mass is 270 g/mol. The summed E-state index contributed by atoms with van der Waals surface area (Å²) in [6, 6.07) is 14.2. The van der Waals surface area contributed by atoms with Crippen LogP contribution < -0.4 is 0 Å². The standard InChI is InChI=1S/C17H18OS/c1-12-5-4-6-15(10-12)19-11-17(18)16-8-7-13(2)9-14(16)3/h4-10H,11H2,1-3H3. The van der Waals surface area contributed by atoms with E-state index in [1.54, 1.807) is 11.8 Å². The van der Waals surface area contributed by atoms with Gasteiger partial charge < -0.3 is 0 Å². The lowest BCUT2D eigenvalue weighted by Crippen LogP contribution is -2.04. The van der Waals surface area contributed by atoms with Crippen molar-refractivity contribution in [2.24, 2.45) is 0 Å². The first-order chi connectivity index (χ1) is 9.06. The van der Waals surface area contributed by atoms with Crippen molar-refractivity contribution >= 4 is 17.5 Å². The molecule has 0 saturated carbocycles. The van der Waals surface area contributed by atoms with Crippen LogP contribution in [0.15, 0.2) is 47.4 Å². The van der Waals surface area contributed by atoms with Crippen molar-refractivity contribution in [1.82, 2.24) is 0 Å². The van der Waals surface area contributed by atoms with Crippen LogP contribution in [0, 0.1) is 20.8 Å². The van der Waals surface area contributed by atoms with E-state index in [-0.39, 0.29) is 5.78 Å². The Labute approximate surface area is 119 Å². The summed E-state index contributed by atoms with van der Waals surface area (Å²) < 4.78 is 0. The smallest absolute Gasteiger partial charge is 0.173 e. The lowest BCUT2D eigenvalue weighted by molar-refractivity contribution is 0.102. The number of benzene rings is 2. The van der Waals surface area contributed by atoms with Crippen molar-refractivity contribution in [3.63, 3.8) is 0 Å². The molecule has 2 rings (SSSR count). The third kappa shape index (κ3) is 3.71. The molecule has 0 bridgehead atoms. The van der Waals surface area contributed by atoms with Crippen LogP contribution >= 0.6 is 11.8 Å². The molecular formula is C17H18OS. The Kier molecular flexibility index (Phi) is 4.43. The molecule has 0 saturated heterocycles. The fourth-order valence-corrected chi connectivity index (χ4v) is 2.96. The highest BCUT2D eigenvalue weighted by Gasteiger charge is 2.09. The molecule has 0 amide bonds. The second kappa shape index (κ2) is 6.07. The van der Waals surface area contributed by atoms with Gasteiger partial charge in [0, 0.05) is 10.5 Å². The highest BCUT2D eigenvalue weighted by atomic mass is 32.2. The van der Waals surface area contributed by atoms with E-state index >= 15 is 0 Å². The molecule has 0 aliphatic carbocycles. The number of hydrogen-bond donors (Lipinski definition) is 0. The van der Waals surface area contributed by atoms with Crippen LogP contribution in [0.25, 0.3) is 0 Å². The van der Waals surface area contributed by atoms with Crippen LogP contribution in [-0.4, -0.2) is 11.5 Å². The molecule has 0 atom stereocenters. The highest BCUT2D eigenvalue weighted by molar-refractivity contribution is 8.00. The minimum Gasteiger partial charge on any atom is -0.293 e. The molecule has 0 aliphatic rings. The van der Waals surface area contributed by atoms with Gasteiger partial charge in [0.05, 0.1) is 5.75 Å². The molecule has 19 heavy (non-hydrogen) atoms. The SMILES string of the molecule is Cc1cccc(SCC(=O)c2ccc(C)cc2C)c1. The summed E-state index contributed by atoms with van der Waals surface area (Å²) in [5.41, 5.74) is 4.32. The van der Waals surface area contributed by atoms with Crippen LogP contribution in [-0.2, 0) is 0 Å². The van der Waals surface area contributed by atoms with Gasteiger partial charge in [-0.15, -0.1) is 11.8 Å². The van der Waals surface area contributed by atoms with Gasteiger partial charge in [-0.25, -0.2) is 0 Å². The Hall–Kier alpha value is -1.54. The maximum atomic E-state index is 12.2. The Morgan fingerprint density at radius 3 is 2.42 bits per heavy atom. The highest BCUT2D eigenvalue weighted by Crippen LogP contribution is 2.21. The van der Waals surface area contributed by atoms with Crippen molar-refractivity contribution < 1.29 is 4.79 Å². The van der Waals surface area contributed by atoms with E-state index in [9.17, 15) is 4.79 Å². The molecule has 1 nitrogen and oxygen atoms in total. The van der Waals surface area contributed by atoms with E-state index in [1.165, 1.54) is 11.1 Å². The van der Waals surface area contributed by atoms with E-state index in [4.69, 9.17) is 0 Å². The van der Waals surface area contributed by atoms with Crippen LogP contribution in [0.2, 0.25) is 0 Å². The van der Waals surface area contributed by atoms with Gasteiger partial charge in [-0.2, -0.15) is 0 Å². The number of carbonyl (C=O) groups is 1. The second-order valence-corrected chi connectivity index (χ2v) is 5.90. The van der Waals surface area contributed by atoms with E-state index in [1.807, 2.05) is 38.1 Å². The normalized spacial score (nSPS) is 10.5. The lowest BCUT2D eigenvalue weighted by atomic mass is 10.0. The van der Waals surface area contributed by atoms with Crippen molar-refractivity contribution in [2.75, 3.05) is 5.75 Å². The number of hydrogen-bond acceptors (Lipinski definition) is 2. The first-order valence-electron chi connectivity index (χ1n) is 6.36. The van der Waals surface area contributed by atoms with E-state index in [0.717, 1.165) is 16.0 Å². The van der Waals surface area contributed by atoms with E-state index in [0.29, 0.717) is 5.75 Å². The van der Waals surface area contributed by atoms with Gasteiger partial charge >= 0.3 is 0 Å². The van der Waals surface area contributed by atoms with Crippen LogP contribution in [0.3, 0.4) is 0 Å². The van der Waals surface area contributed by atoms with Crippen molar-refractivity contribution in [2.45, 2.75) is 25.7 Å². The van der Waals surface area contributed by atoms with Crippen molar-refractivity contribution in [1.29, 1.82) is 0 Å². The first-order valence-corrected chi connectivity index (χ1v) is 7.35. The van der Waals surface area contributed by atoms with Crippen molar-refractivity contribution in [3.8, 4) is 0 Å². The molecule has 0 fully saturated rings. The summed E-state index contributed by atoms with van der Waals surface area (Å²) in [7, 11) is 0. The average molecular weight is 270 g/mol. The summed E-state index contributed by atoms with van der Waals surface area (Å²) in [4.78, 5) is 13.4. The fraction of sp³-hybridized carbons (Fsp3) is 0.235. The number of aryl methyl sites for hydroxylation is 3. The molecule has 0 heterocycles. The first kappa shape index (κ1) is 13.9. The molecule has 0 unspecified atom stereocenters. The van der Waals surface area contributed by atoms with Gasteiger partial charge in [0.15, 0.2) is 5.78 Å². The van der Waals surface area contributed by atoms with E-state index in [2.05, 4.69) is 25.1 Å². The van der Waals surface area contributed by atoms with Gasteiger partial charge in [0.25, 0.3) is 0 Å². The maximum absolute atomic E-state index is 12.2. The molecule has 2 aromatic carbocycles. The predicted octanol–water partition coefficient (Wildman–Crippen LogP) is 4.59. The topological polar surface area (TPSA) is 17.1 Å². The summed E-state index contributed by atoms with van der Waals surface area (Å²) in [5, 5.41) is 0. The number of thioether (sulfide) groups is 1. The maximum Gasteiger partial charge on any atom is 0.173 e. The lowest BCUT2D eigenvalue weighted by Gasteiger charge is -2.06. The molecule has 0 aromatic heterocycles. The molecule has 98 valence electrons. The Morgan fingerprint density at radius 2 is 1.74 bits per heavy atom. The van der Waals surface area contributed by atoms with Gasteiger partial charge in [-0.05, 0) is 38.5 Å². The Morgan fingerprint density at radius 1 is 1.00 bits per heavy atom. The largest absolute Gasteiger partial charge is 0.293 e. The minimum absolute atomic E-state index is 0.198. The quantitative estimate of drug-likeness (QED) is 0.597. The zero-order chi connectivity index (χ0) is 13.8. The second-order valence-electron chi connectivity index (χ2n) is 4.85. The number of Topliss-reactive ketones (excluding diaryl/α,β-unsaturated/α-hetero) is 1. The zero-order valence-corrected chi connectivity index (χ0v) is 12.4. The van der Waals surface area contributed by atoms with Gasteiger partial charge in [-0.3, -0.25) is 4.79 Å². The van der Waals surface area contributed by atoms with Gasteiger partial charge in [-0.1, -0.05) is 41.5 Å². The van der Waals surface area contributed by atoms with Crippen LogP contribution in [0.1, 0.15) is 27.0 Å². The predicted molar refractivity (Wildman–Crippen MR) is 82.1 cm³/mol. The number of rotatable bonds is 4. The summed E-state index contributed by atoms with van der Waals surface area (Å²) in [6.45, 7) is 6.11. The average Bonchev–Trinajstić information content (AvgIpc) is 2.36. The molecule has 0 aliphatic heterocycles. The number of ketones is 1. The number of carbonyl (C=O) groups excluding carboxylic acids is 1. The fourth-order valence-electron chi connectivity index (χ4n) is 2.06. The summed E-state index contributed by atoms with van der Waals surface area (Å²) >= 11 is 1.60. The molecule has 0 N–H and O–H groups in total. The zero-order valence-electron chi connectivity index (χ0n) is 11.6. The van der Waals surface area contributed by atoms with Gasteiger partial charge in [0.1, 0.15) is 0 Å². The van der Waals surface area contributed by atoms with Crippen molar-refractivity contribution in [3.05, 3.63) is 64.7 Å². The Balaban J connectivity index is 2.05. The molecule has 0 radical (unpaired) electrons. The third-order valence-electron chi connectivity index (χ3n) is 3.04. The van der Waals surface area contributed by atoms with Gasteiger partial charge in [0.2, 0.25) is 0 Å². The Bertz CT molecular complexity index is 602. The van der Waals surface area contributed by atoms with E-state index < -0.39 is 0 Å². The van der Waals surface area contributed by atoms with Crippen LogP contribution in [0.4, 0.5) is 0 Å². The minimum atomic E-state index is 0.198. The molecule has 0 spiro atoms. The molecule has 2 heteroatoms. The summed E-state index contributed by atoms with van der Waals surface area (Å²) in [5.74, 6) is 0.692. The molecule has 2 aromatic rings. The van der Waals surface area contributed by atoms with Crippen LogP contribution in [0.5, 0.6) is 0 Å².